The second kappa shape index (κ2) is 5.87. The maximum Gasteiger partial charge on any atom is 0.312 e. The SMILES string of the molecule is CNP(=S)(OC)Oc1cc(Cl)c(Cl)cc1Cl. The summed E-state index contributed by atoms with van der Waals surface area (Å²) in [4.78, 5) is 0. The van der Waals surface area contributed by atoms with E-state index >= 15 is 0 Å². The minimum absolute atomic E-state index is 0.330. The zero-order valence-electron chi connectivity index (χ0n) is 8.46. The smallest absolute Gasteiger partial charge is 0.312 e. The fourth-order valence-electron chi connectivity index (χ4n) is 0.878. The number of nitrogens with one attached hydrogen (secondary N) is 1. The van der Waals surface area contributed by atoms with E-state index in [2.05, 4.69) is 5.09 Å². The molecule has 0 radical (unpaired) electrons. The van der Waals surface area contributed by atoms with Crippen molar-refractivity contribution in [2.75, 3.05) is 14.2 Å². The lowest BCUT2D eigenvalue weighted by Gasteiger charge is -2.20. The summed E-state index contributed by atoms with van der Waals surface area (Å²) in [5, 5.41) is 3.81. The highest BCUT2D eigenvalue weighted by molar-refractivity contribution is 8.09. The first-order valence-corrected chi connectivity index (χ1v) is 7.88. The predicted molar refractivity (Wildman–Crippen MR) is 72.5 cm³/mol. The molecule has 1 atom stereocenters. The van der Waals surface area contributed by atoms with Gasteiger partial charge in [-0.15, -0.1) is 0 Å². The Kier molecular flexibility index (Phi) is 5.33. The molecule has 1 N–H and O–H groups in total. The summed E-state index contributed by atoms with van der Waals surface area (Å²) < 4.78 is 10.6. The molecule has 0 saturated carbocycles. The van der Waals surface area contributed by atoms with Crippen LogP contribution < -0.4 is 9.61 Å². The third-order valence-corrected chi connectivity index (χ3v) is 5.41. The number of benzene rings is 1. The Bertz CT molecular complexity index is 436. The van der Waals surface area contributed by atoms with Crippen molar-refractivity contribution in [2.24, 2.45) is 0 Å². The second-order valence-corrected chi connectivity index (χ2v) is 7.35. The molecule has 0 aliphatic heterocycles. The van der Waals surface area contributed by atoms with Gasteiger partial charge < -0.3 is 9.05 Å². The second-order valence-electron chi connectivity index (χ2n) is 2.69. The van der Waals surface area contributed by atoms with Crippen LogP contribution >= 0.6 is 41.4 Å². The van der Waals surface area contributed by atoms with E-state index in [0.717, 1.165) is 0 Å². The van der Waals surface area contributed by atoms with Gasteiger partial charge in [-0.25, -0.2) is 5.09 Å². The molecule has 0 heterocycles. The molecule has 8 heteroatoms. The Labute approximate surface area is 114 Å². The Morgan fingerprint density at radius 2 is 1.75 bits per heavy atom. The lowest BCUT2D eigenvalue weighted by atomic mass is 10.3. The highest BCUT2D eigenvalue weighted by Crippen LogP contribution is 2.46. The van der Waals surface area contributed by atoms with E-state index in [1.54, 1.807) is 7.05 Å². The van der Waals surface area contributed by atoms with Crippen molar-refractivity contribution < 1.29 is 9.05 Å². The summed E-state index contributed by atoms with van der Waals surface area (Å²) in [6.45, 7) is -2.57. The number of hydrogen-bond acceptors (Lipinski definition) is 3. The van der Waals surface area contributed by atoms with E-state index < -0.39 is 6.64 Å². The maximum atomic E-state index is 5.94. The Morgan fingerprint density at radius 3 is 2.25 bits per heavy atom. The monoisotopic (exact) mass is 319 g/mol. The molecule has 0 aliphatic rings. The summed E-state index contributed by atoms with van der Waals surface area (Å²) in [7, 11) is 3.11. The Morgan fingerprint density at radius 1 is 1.19 bits per heavy atom. The van der Waals surface area contributed by atoms with Crippen LogP contribution in [0.15, 0.2) is 12.1 Å². The molecule has 16 heavy (non-hydrogen) atoms. The van der Waals surface area contributed by atoms with E-state index in [-0.39, 0.29) is 0 Å². The van der Waals surface area contributed by atoms with E-state index in [9.17, 15) is 0 Å². The number of halogens is 3. The third-order valence-electron chi connectivity index (χ3n) is 1.71. The van der Waals surface area contributed by atoms with Gasteiger partial charge in [0.05, 0.1) is 15.1 Å². The van der Waals surface area contributed by atoms with Crippen LogP contribution in [0.2, 0.25) is 15.1 Å². The molecule has 0 saturated heterocycles. The quantitative estimate of drug-likeness (QED) is 0.668. The maximum absolute atomic E-state index is 5.94. The average molecular weight is 321 g/mol. The highest BCUT2D eigenvalue weighted by atomic mass is 35.5. The van der Waals surface area contributed by atoms with E-state index in [1.165, 1.54) is 19.2 Å². The lowest BCUT2D eigenvalue weighted by molar-refractivity contribution is 0.384. The van der Waals surface area contributed by atoms with E-state index in [1.807, 2.05) is 0 Å². The standard InChI is InChI=1S/C8H9Cl3NO2PS/c1-12-15(16,13-2)14-8-4-6(10)5(9)3-7(8)11/h3-4H,1-2H3,(H,12,16). The largest absolute Gasteiger partial charge is 0.431 e. The third kappa shape index (κ3) is 3.47. The van der Waals surface area contributed by atoms with Gasteiger partial charge in [-0.05, 0) is 24.9 Å². The molecule has 0 aromatic heterocycles. The molecule has 1 unspecified atom stereocenters. The van der Waals surface area contributed by atoms with Gasteiger partial charge in [0.1, 0.15) is 5.75 Å². The van der Waals surface area contributed by atoms with Gasteiger partial charge in [0.15, 0.2) is 0 Å². The van der Waals surface area contributed by atoms with Crippen LogP contribution in [0.4, 0.5) is 0 Å². The highest BCUT2D eigenvalue weighted by Gasteiger charge is 2.18. The summed E-state index contributed by atoms with van der Waals surface area (Å²) in [6, 6.07) is 3.00. The first kappa shape index (κ1) is 14.5. The van der Waals surface area contributed by atoms with Gasteiger partial charge >= 0.3 is 6.64 Å². The van der Waals surface area contributed by atoms with Crippen molar-refractivity contribution in [3.8, 4) is 5.75 Å². The van der Waals surface area contributed by atoms with Crippen molar-refractivity contribution in [3.63, 3.8) is 0 Å². The number of rotatable bonds is 4. The Balaban J connectivity index is 3.06. The Hall–Kier alpha value is 0.460. The summed E-state index contributed by atoms with van der Waals surface area (Å²) in [6.07, 6.45) is 0. The zero-order chi connectivity index (χ0) is 12.3. The van der Waals surface area contributed by atoms with Crippen LogP contribution in [0.1, 0.15) is 0 Å². The molecule has 1 aromatic rings. The van der Waals surface area contributed by atoms with E-state index in [4.69, 9.17) is 55.7 Å². The van der Waals surface area contributed by atoms with Gasteiger partial charge in [-0.1, -0.05) is 34.8 Å². The summed E-state index contributed by atoms with van der Waals surface area (Å²) in [5.41, 5.74) is 0. The van der Waals surface area contributed by atoms with Crippen LogP contribution in [-0.4, -0.2) is 14.2 Å². The van der Waals surface area contributed by atoms with Gasteiger partial charge in [0, 0.05) is 13.2 Å². The van der Waals surface area contributed by atoms with Crippen molar-refractivity contribution in [3.05, 3.63) is 27.2 Å². The molecule has 1 aromatic carbocycles. The molecule has 0 fully saturated rings. The molecular weight excluding hydrogens is 311 g/mol. The normalized spacial score (nSPS) is 14.6. The predicted octanol–water partition coefficient (Wildman–Crippen LogP) is 4.12. The van der Waals surface area contributed by atoms with Gasteiger partial charge in [0.25, 0.3) is 0 Å². The van der Waals surface area contributed by atoms with Gasteiger partial charge in [0.2, 0.25) is 0 Å². The molecular formula is C8H9Cl3NO2PS. The van der Waals surface area contributed by atoms with Crippen LogP contribution in [0.3, 0.4) is 0 Å². The van der Waals surface area contributed by atoms with Crippen LogP contribution in [0.5, 0.6) is 5.75 Å². The average Bonchev–Trinajstić information content (AvgIpc) is 2.25. The van der Waals surface area contributed by atoms with Crippen molar-refractivity contribution in [1.29, 1.82) is 0 Å². The fourth-order valence-corrected chi connectivity index (χ4v) is 2.51. The summed E-state index contributed by atoms with van der Waals surface area (Å²) >= 11 is 22.7. The first-order chi connectivity index (χ1) is 7.41. The molecule has 0 spiro atoms. The minimum Gasteiger partial charge on any atom is -0.431 e. The first-order valence-electron chi connectivity index (χ1n) is 4.11. The van der Waals surface area contributed by atoms with Gasteiger partial charge in [-0.3, -0.25) is 0 Å². The van der Waals surface area contributed by atoms with Crippen LogP contribution in [-0.2, 0) is 16.3 Å². The zero-order valence-corrected chi connectivity index (χ0v) is 12.4. The van der Waals surface area contributed by atoms with Crippen molar-refractivity contribution >= 4 is 53.3 Å². The van der Waals surface area contributed by atoms with Crippen molar-refractivity contribution in [2.45, 2.75) is 0 Å². The molecule has 90 valence electrons. The topological polar surface area (TPSA) is 30.5 Å². The molecule has 0 aliphatic carbocycles. The van der Waals surface area contributed by atoms with Crippen LogP contribution in [0, 0.1) is 0 Å². The molecule has 3 nitrogen and oxygen atoms in total. The molecule has 0 bridgehead atoms. The summed E-state index contributed by atoms with van der Waals surface area (Å²) in [5.74, 6) is 0.343. The fraction of sp³-hybridized carbons (Fsp3) is 0.250. The number of hydrogen-bond donors (Lipinski definition) is 1. The molecule has 1 rings (SSSR count). The lowest BCUT2D eigenvalue weighted by Crippen LogP contribution is -2.09. The molecule has 0 amide bonds. The van der Waals surface area contributed by atoms with Crippen molar-refractivity contribution in [1.82, 2.24) is 5.09 Å². The van der Waals surface area contributed by atoms with Gasteiger partial charge in [-0.2, -0.15) is 0 Å². The van der Waals surface area contributed by atoms with E-state index in [0.29, 0.717) is 20.8 Å². The van der Waals surface area contributed by atoms with Crippen LogP contribution in [0.25, 0.3) is 0 Å². The minimum atomic E-state index is -2.57.